The molecular formula is C19H20F2N2O2. The van der Waals surface area contributed by atoms with Gasteiger partial charge in [0.2, 0.25) is 5.91 Å². The number of ether oxygens (including phenoxy) is 1. The zero-order valence-electron chi connectivity index (χ0n) is 13.9. The van der Waals surface area contributed by atoms with E-state index in [2.05, 4.69) is 22.2 Å². The van der Waals surface area contributed by atoms with Crippen LogP contribution in [0.4, 0.5) is 14.5 Å². The van der Waals surface area contributed by atoms with E-state index < -0.39 is 6.61 Å². The molecule has 0 radical (unpaired) electrons. The Morgan fingerprint density at radius 3 is 2.76 bits per heavy atom. The van der Waals surface area contributed by atoms with E-state index >= 15 is 0 Å². The van der Waals surface area contributed by atoms with Gasteiger partial charge in [-0.05, 0) is 43.1 Å². The summed E-state index contributed by atoms with van der Waals surface area (Å²) in [5.74, 6) is -0.308. The fourth-order valence-electron chi connectivity index (χ4n) is 3.29. The van der Waals surface area contributed by atoms with E-state index in [1.807, 2.05) is 24.1 Å². The van der Waals surface area contributed by atoms with Crippen LogP contribution in [-0.4, -0.2) is 31.0 Å². The molecule has 2 aromatic rings. The first-order valence-corrected chi connectivity index (χ1v) is 8.16. The summed E-state index contributed by atoms with van der Waals surface area (Å²) in [6, 6.07) is 14.6. The number of nitrogens with one attached hydrogen (secondary N) is 1. The minimum absolute atomic E-state index is 0.0419. The van der Waals surface area contributed by atoms with Crippen molar-refractivity contribution in [1.82, 2.24) is 4.90 Å². The summed E-state index contributed by atoms with van der Waals surface area (Å²) < 4.78 is 29.3. The van der Waals surface area contributed by atoms with Crippen molar-refractivity contribution in [3.8, 4) is 5.75 Å². The minimum atomic E-state index is -2.93. The Morgan fingerprint density at radius 1 is 1.24 bits per heavy atom. The molecule has 0 fully saturated rings. The van der Waals surface area contributed by atoms with Gasteiger partial charge in [-0.25, -0.2) is 0 Å². The van der Waals surface area contributed by atoms with Crippen molar-refractivity contribution in [2.45, 2.75) is 25.5 Å². The molecule has 0 heterocycles. The maximum absolute atomic E-state index is 12.5. The lowest BCUT2D eigenvalue weighted by Gasteiger charge is -2.24. The average Bonchev–Trinajstić information content (AvgIpc) is 3.00. The van der Waals surface area contributed by atoms with E-state index in [9.17, 15) is 13.6 Å². The van der Waals surface area contributed by atoms with Gasteiger partial charge in [-0.2, -0.15) is 8.78 Å². The SMILES string of the molecule is CN(CC(=O)Nc1ccccc1OC(F)F)[C@@H]1CCc2ccccc21. The van der Waals surface area contributed by atoms with Gasteiger partial charge in [-0.3, -0.25) is 9.69 Å². The molecule has 1 atom stereocenters. The quantitative estimate of drug-likeness (QED) is 0.864. The van der Waals surface area contributed by atoms with Crippen LogP contribution in [-0.2, 0) is 11.2 Å². The second-order valence-electron chi connectivity index (χ2n) is 6.09. The third kappa shape index (κ3) is 4.14. The van der Waals surface area contributed by atoms with E-state index in [4.69, 9.17) is 0 Å². The number of likely N-dealkylation sites (N-methyl/N-ethyl adjacent to an activating group) is 1. The molecule has 1 amide bonds. The van der Waals surface area contributed by atoms with E-state index in [0.29, 0.717) is 0 Å². The van der Waals surface area contributed by atoms with E-state index in [1.165, 1.54) is 17.2 Å². The average molecular weight is 346 g/mol. The number of alkyl halides is 2. The largest absolute Gasteiger partial charge is 0.433 e. The van der Waals surface area contributed by atoms with Gasteiger partial charge >= 0.3 is 6.61 Å². The lowest BCUT2D eigenvalue weighted by molar-refractivity contribution is -0.117. The summed E-state index contributed by atoms with van der Waals surface area (Å²) in [5, 5.41) is 2.66. The van der Waals surface area contributed by atoms with Crippen LogP contribution in [0.1, 0.15) is 23.6 Å². The molecule has 3 rings (SSSR count). The number of fused-ring (bicyclic) bond motifs is 1. The second-order valence-corrected chi connectivity index (χ2v) is 6.09. The number of aryl methyl sites for hydroxylation is 1. The molecule has 4 nitrogen and oxygen atoms in total. The van der Waals surface area contributed by atoms with Crippen LogP contribution in [0.2, 0.25) is 0 Å². The summed E-state index contributed by atoms with van der Waals surface area (Å²) in [7, 11) is 1.90. The lowest BCUT2D eigenvalue weighted by Crippen LogP contribution is -2.32. The first-order chi connectivity index (χ1) is 12.0. The van der Waals surface area contributed by atoms with Gasteiger partial charge in [0, 0.05) is 6.04 Å². The van der Waals surface area contributed by atoms with E-state index in [0.717, 1.165) is 12.8 Å². The number of amides is 1. The zero-order chi connectivity index (χ0) is 17.8. The maximum atomic E-state index is 12.5. The molecule has 1 N–H and O–H groups in total. The van der Waals surface area contributed by atoms with Gasteiger partial charge in [0.25, 0.3) is 0 Å². The molecule has 0 aromatic heterocycles. The molecule has 1 aliphatic carbocycles. The third-order valence-corrected chi connectivity index (χ3v) is 4.40. The summed E-state index contributed by atoms with van der Waals surface area (Å²) in [6.45, 7) is -2.77. The molecule has 0 unspecified atom stereocenters. The highest BCUT2D eigenvalue weighted by Crippen LogP contribution is 2.34. The van der Waals surface area contributed by atoms with Crippen molar-refractivity contribution >= 4 is 11.6 Å². The van der Waals surface area contributed by atoms with Crippen molar-refractivity contribution in [3.63, 3.8) is 0 Å². The minimum Gasteiger partial charge on any atom is -0.433 e. The van der Waals surface area contributed by atoms with Crippen LogP contribution in [0.3, 0.4) is 0 Å². The monoisotopic (exact) mass is 346 g/mol. The number of rotatable bonds is 6. The number of hydrogen-bond acceptors (Lipinski definition) is 3. The Morgan fingerprint density at radius 2 is 1.96 bits per heavy atom. The summed E-state index contributed by atoms with van der Waals surface area (Å²) in [5.41, 5.74) is 2.81. The number of nitrogens with zero attached hydrogens (tertiary/aromatic N) is 1. The van der Waals surface area contributed by atoms with Crippen LogP contribution >= 0.6 is 0 Å². The predicted molar refractivity (Wildman–Crippen MR) is 91.8 cm³/mol. The van der Waals surface area contributed by atoms with Crippen LogP contribution in [0.5, 0.6) is 5.75 Å². The topological polar surface area (TPSA) is 41.6 Å². The first-order valence-electron chi connectivity index (χ1n) is 8.16. The van der Waals surface area contributed by atoms with E-state index in [1.54, 1.807) is 18.2 Å². The Hall–Kier alpha value is -2.47. The van der Waals surface area contributed by atoms with Crippen LogP contribution < -0.4 is 10.1 Å². The molecule has 132 valence electrons. The fourth-order valence-corrected chi connectivity index (χ4v) is 3.29. The fraction of sp³-hybridized carbons (Fsp3) is 0.316. The van der Waals surface area contributed by atoms with Crippen molar-refractivity contribution < 1.29 is 18.3 Å². The first kappa shape index (κ1) is 17.4. The highest BCUT2D eigenvalue weighted by molar-refractivity contribution is 5.93. The van der Waals surface area contributed by atoms with Gasteiger partial charge < -0.3 is 10.1 Å². The molecule has 0 saturated carbocycles. The van der Waals surface area contributed by atoms with Gasteiger partial charge in [-0.1, -0.05) is 36.4 Å². The van der Waals surface area contributed by atoms with Crippen molar-refractivity contribution in [2.75, 3.05) is 18.9 Å². The van der Waals surface area contributed by atoms with Crippen molar-refractivity contribution in [2.24, 2.45) is 0 Å². The molecule has 25 heavy (non-hydrogen) atoms. The van der Waals surface area contributed by atoms with Gasteiger partial charge in [0.1, 0.15) is 5.75 Å². The molecule has 0 aliphatic heterocycles. The van der Waals surface area contributed by atoms with Gasteiger partial charge in [0.05, 0.1) is 12.2 Å². The van der Waals surface area contributed by atoms with Crippen LogP contribution in [0, 0.1) is 0 Å². The Bertz CT molecular complexity index is 752. The van der Waals surface area contributed by atoms with Gasteiger partial charge in [0.15, 0.2) is 0 Å². The van der Waals surface area contributed by atoms with Crippen molar-refractivity contribution in [1.29, 1.82) is 0 Å². The smallest absolute Gasteiger partial charge is 0.387 e. The third-order valence-electron chi connectivity index (χ3n) is 4.40. The van der Waals surface area contributed by atoms with Crippen LogP contribution in [0.15, 0.2) is 48.5 Å². The Labute approximate surface area is 145 Å². The molecule has 6 heteroatoms. The highest BCUT2D eigenvalue weighted by atomic mass is 19.3. The normalized spacial score (nSPS) is 16.1. The molecule has 2 aromatic carbocycles. The standard InChI is InChI=1S/C19H20F2N2O2/c1-23(16-11-10-13-6-2-3-7-14(13)16)12-18(24)22-15-8-4-5-9-17(15)25-19(20)21/h2-9,16,19H,10-12H2,1H3,(H,22,24)/t16-/m1/s1. The number of halogens is 2. The maximum Gasteiger partial charge on any atom is 0.387 e. The zero-order valence-corrected chi connectivity index (χ0v) is 13.9. The molecule has 0 saturated heterocycles. The molecule has 0 spiro atoms. The van der Waals surface area contributed by atoms with E-state index in [-0.39, 0.29) is 29.9 Å². The molecule has 0 bridgehead atoms. The summed E-state index contributed by atoms with van der Waals surface area (Å²) in [6.07, 6.45) is 1.96. The number of para-hydroxylation sites is 2. The predicted octanol–water partition coefficient (Wildman–Crippen LogP) is 3.85. The number of carbonyl (C=O) groups excluding carboxylic acids is 1. The number of benzene rings is 2. The number of carbonyl (C=O) groups is 1. The Balaban J connectivity index is 1.64. The van der Waals surface area contributed by atoms with Crippen molar-refractivity contribution in [3.05, 3.63) is 59.7 Å². The highest BCUT2D eigenvalue weighted by Gasteiger charge is 2.26. The number of anilines is 1. The molecular weight excluding hydrogens is 326 g/mol. The lowest BCUT2D eigenvalue weighted by atomic mass is 10.1. The molecule has 1 aliphatic rings. The summed E-state index contributed by atoms with van der Waals surface area (Å²) in [4.78, 5) is 14.3. The van der Waals surface area contributed by atoms with Crippen LogP contribution in [0.25, 0.3) is 0 Å². The second kappa shape index (κ2) is 7.61. The van der Waals surface area contributed by atoms with Gasteiger partial charge in [-0.15, -0.1) is 0 Å². The summed E-state index contributed by atoms with van der Waals surface area (Å²) >= 11 is 0. The Kier molecular flexibility index (Phi) is 5.28. The number of hydrogen-bond donors (Lipinski definition) is 1.